The summed E-state index contributed by atoms with van der Waals surface area (Å²) in [6.45, 7) is 3.61. The molecule has 0 radical (unpaired) electrons. The summed E-state index contributed by atoms with van der Waals surface area (Å²) in [5.41, 5.74) is 2.09. The minimum Gasteiger partial charge on any atom is -0.339 e. The van der Waals surface area contributed by atoms with Crippen molar-refractivity contribution in [3.63, 3.8) is 0 Å². The van der Waals surface area contributed by atoms with Crippen molar-refractivity contribution in [2.24, 2.45) is 0 Å². The lowest BCUT2D eigenvalue weighted by molar-refractivity contribution is -0.135. The molecule has 3 nitrogen and oxygen atoms in total. The molecule has 2 unspecified atom stereocenters. The molecule has 1 aliphatic heterocycles. The van der Waals surface area contributed by atoms with Gasteiger partial charge in [-0.25, -0.2) is 0 Å². The molecule has 24 heavy (non-hydrogen) atoms. The van der Waals surface area contributed by atoms with Crippen molar-refractivity contribution in [2.45, 2.75) is 17.8 Å². The standard InChI is InChI=1S/C21H24N2O/c1-22-12-14-23(15-13-22)20(24)21(18-10-6-3-7-11-18)16-19(21)17-8-4-2-5-9-17/h2-11,19H,12-16H2,1H3. The van der Waals surface area contributed by atoms with Crippen LogP contribution in [0.5, 0.6) is 0 Å². The summed E-state index contributed by atoms with van der Waals surface area (Å²) in [6, 6.07) is 20.9. The van der Waals surface area contributed by atoms with E-state index in [9.17, 15) is 4.79 Å². The van der Waals surface area contributed by atoms with E-state index in [-0.39, 0.29) is 5.41 Å². The van der Waals surface area contributed by atoms with Crippen molar-refractivity contribution in [3.05, 3.63) is 71.8 Å². The van der Waals surface area contributed by atoms with Crippen LogP contribution in [0.3, 0.4) is 0 Å². The molecule has 0 N–H and O–H groups in total. The van der Waals surface area contributed by atoms with Crippen LogP contribution < -0.4 is 0 Å². The van der Waals surface area contributed by atoms with Gasteiger partial charge in [-0.15, -0.1) is 0 Å². The Labute approximate surface area is 143 Å². The lowest BCUT2D eigenvalue weighted by Crippen LogP contribution is -2.50. The summed E-state index contributed by atoms with van der Waals surface area (Å²) < 4.78 is 0. The molecule has 2 fully saturated rings. The van der Waals surface area contributed by atoms with Crippen molar-refractivity contribution < 1.29 is 4.79 Å². The number of hydrogen-bond acceptors (Lipinski definition) is 2. The van der Waals surface area contributed by atoms with E-state index in [2.05, 4.69) is 65.4 Å². The quantitative estimate of drug-likeness (QED) is 0.868. The van der Waals surface area contributed by atoms with E-state index in [1.807, 2.05) is 12.1 Å². The van der Waals surface area contributed by atoms with Crippen LogP contribution in [0.4, 0.5) is 0 Å². The average Bonchev–Trinajstić information content (AvgIpc) is 3.40. The maximum absolute atomic E-state index is 13.5. The molecule has 1 amide bonds. The van der Waals surface area contributed by atoms with Gasteiger partial charge in [0.05, 0.1) is 5.41 Å². The SMILES string of the molecule is CN1CCN(C(=O)C2(c3ccccc3)CC2c2ccccc2)CC1. The van der Waals surface area contributed by atoms with Gasteiger partial charge >= 0.3 is 0 Å². The number of amides is 1. The number of rotatable bonds is 3. The molecular formula is C21H24N2O. The van der Waals surface area contributed by atoms with Crippen molar-refractivity contribution in [3.8, 4) is 0 Å². The number of carbonyl (C=O) groups excluding carboxylic acids is 1. The summed E-state index contributed by atoms with van der Waals surface area (Å²) in [5.74, 6) is 0.615. The fourth-order valence-corrected chi connectivity index (χ4v) is 4.06. The zero-order valence-electron chi connectivity index (χ0n) is 14.2. The minimum atomic E-state index is -0.363. The number of carbonyl (C=O) groups is 1. The van der Waals surface area contributed by atoms with Gasteiger partial charge in [0.2, 0.25) is 5.91 Å². The smallest absolute Gasteiger partial charge is 0.233 e. The van der Waals surface area contributed by atoms with E-state index in [0.29, 0.717) is 11.8 Å². The lowest BCUT2D eigenvalue weighted by atomic mass is 9.89. The average molecular weight is 320 g/mol. The Bertz CT molecular complexity index is 707. The van der Waals surface area contributed by atoms with Gasteiger partial charge in [-0.2, -0.15) is 0 Å². The summed E-state index contributed by atoms with van der Waals surface area (Å²) in [4.78, 5) is 17.9. The van der Waals surface area contributed by atoms with Crippen LogP contribution in [0, 0.1) is 0 Å². The number of likely N-dealkylation sites (N-methyl/N-ethyl adjacent to an activating group) is 1. The third kappa shape index (κ3) is 2.53. The molecule has 0 spiro atoms. The first kappa shape index (κ1) is 15.4. The van der Waals surface area contributed by atoms with Gasteiger partial charge in [-0.05, 0) is 24.6 Å². The number of benzene rings is 2. The van der Waals surface area contributed by atoms with E-state index < -0.39 is 0 Å². The molecule has 1 heterocycles. The van der Waals surface area contributed by atoms with Crippen LogP contribution in [0.2, 0.25) is 0 Å². The van der Waals surface area contributed by atoms with Crippen molar-refractivity contribution >= 4 is 5.91 Å². The fourth-order valence-electron chi connectivity index (χ4n) is 4.06. The van der Waals surface area contributed by atoms with Gasteiger partial charge in [-0.3, -0.25) is 4.79 Å². The molecule has 1 aliphatic carbocycles. The summed E-state index contributed by atoms with van der Waals surface area (Å²) in [7, 11) is 2.12. The van der Waals surface area contributed by atoms with Crippen molar-refractivity contribution in [1.82, 2.24) is 9.80 Å². The Balaban J connectivity index is 1.67. The summed E-state index contributed by atoms with van der Waals surface area (Å²) >= 11 is 0. The van der Waals surface area contributed by atoms with Crippen LogP contribution in [-0.4, -0.2) is 48.9 Å². The summed E-state index contributed by atoms with van der Waals surface area (Å²) in [5, 5.41) is 0. The molecule has 0 aromatic heterocycles. The lowest BCUT2D eigenvalue weighted by Gasteiger charge is -2.35. The van der Waals surface area contributed by atoms with Crippen molar-refractivity contribution in [2.75, 3.05) is 33.2 Å². The molecule has 2 aromatic rings. The predicted octanol–water partition coefficient (Wildman–Crippen LogP) is 2.89. The maximum atomic E-state index is 13.5. The largest absolute Gasteiger partial charge is 0.339 e. The van der Waals surface area contributed by atoms with E-state index in [1.165, 1.54) is 11.1 Å². The normalized spacial score (nSPS) is 27.0. The first-order valence-corrected chi connectivity index (χ1v) is 8.80. The zero-order valence-corrected chi connectivity index (χ0v) is 14.2. The fraction of sp³-hybridized carbons (Fsp3) is 0.381. The summed E-state index contributed by atoms with van der Waals surface area (Å²) in [6.07, 6.45) is 0.923. The zero-order chi connectivity index (χ0) is 16.6. The third-order valence-corrected chi connectivity index (χ3v) is 5.62. The molecule has 124 valence electrons. The minimum absolute atomic E-state index is 0.299. The van der Waals surface area contributed by atoms with Crippen LogP contribution in [-0.2, 0) is 10.2 Å². The van der Waals surface area contributed by atoms with Crippen LogP contribution >= 0.6 is 0 Å². The Hall–Kier alpha value is -2.13. The molecule has 2 aromatic carbocycles. The van der Waals surface area contributed by atoms with Crippen LogP contribution in [0.25, 0.3) is 0 Å². The maximum Gasteiger partial charge on any atom is 0.233 e. The second kappa shape index (κ2) is 6.06. The number of nitrogens with zero attached hydrogens (tertiary/aromatic N) is 2. The van der Waals surface area contributed by atoms with E-state index in [4.69, 9.17) is 0 Å². The van der Waals surface area contributed by atoms with Crippen LogP contribution in [0.1, 0.15) is 23.5 Å². The molecule has 1 saturated heterocycles. The van der Waals surface area contributed by atoms with E-state index >= 15 is 0 Å². The Morgan fingerprint density at radius 3 is 2.12 bits per heavy atom. The monoisotopic (exact) mass is 320 g/mol. The van der Waals surface area contributed by atoms with Crippen molar-refractivity contribution in [1.29, 1.82) is 0 Å². The predicted molar refractivity (Wildman–Crippen MR) is 96.0 cm³/mol. The number of piperazine rings is 1. The second-order valence-electron chi connectivity index (χ2n) is 7.10. The Kier molecular flexibility index (Phi) is 3.89. The van der Waals surface area contributed by atoms with Crippen LogP contribution in [0.15, 0.2) is 60.7 Å². The highest BCUT2D eigenvalue weighted by atomic mass is 16.2. The number of hydrogen-bond donors (Lipinski definition) is 0. The highest BCUT2D eigenvalue weighted by molar-refractivity contribution is 5.93. The topological polar surface area (TPSA) is 23.6 Å². The first-order valence-electron chi connectivity index (χ1n) is 8.80. The second-order valence-corrected chi connectivity index (χ2v) is 7.10. The molecule has 3 heteroatoms. The van der Waals surface area contributed by atoms with Gasteiger partial charge in [-0.1, -0.05) is 60.7 Å². The molecule has 2 atom stereocenters. The molecule has 0 bridgehead atoms. The molecular weight excluding hydrogens is 296 g/mol. The Morgan fingerprint density at radius 2 is 1.50 bits per heavy atom. The highest BCUT2D eigenvalue weighted by Gasteiger charge is 2.62. The van der Waals surface area contributed by atoms with Gasteiger partial charge in [0.25, 0.3) is 0 Å². The molecule has 1 saturated carbocycles. The van der Waals surface area contributed by atoms with E-state index in [1.54, 1.807) is 0 Å². The van der Waals surface area contributed by atoms with Gasteiger partial charge in [0.15, 0.2) is 0 Å². The van der Waals surface area contributed by atoms with Gasteiger partial charge in [0.1, 0.15) is 0 Å². The highest BCUT2D eigenvalue weighted by Crippen LogP contribution is 2.61. The Morgan fingerprint density at radius 1 is 0.917 bits per heavy atom. The third-order valence-electron chi connectivity index (χ3n) is 5.62. The molecule has 4 rings (SSSR count). The van der Waals surface area contributed by atoms with Gasteiger partial charge in [0, 0.05) is 32.1 Å². The molecule has 2 aliphatic rings. The van der Waals surface area contributed by atoms with E-state index in [0.717, 1.165) is 32.6 Å². The van der Waals surface area contributed by atoms with Gasteiger partial charge < -0.3 is 9.80 Å². The first-order chi connectivity index (χ1) is 11.7.